The van der Waals surface area contributed by atoms with Crippen LogP contribution >= 0.6 is 0 Å². The average Bonchev–Trinajstić information content (AvgIpc) is 2.10. The van der Waals surface area contributed by atoms with Crippen LogP contribution in [-0.2, 0) is 4.74 Å². The van der Waals surface area contributed by atoms with Crippen molar-refractivity contribution in [1.29, 1.82) is 0 Å². The zero-order valence-electron chi connectivity index (χ0n) is 8.39. The molecule has 11 heavy (non-hydrogen) atoms. The van der Waals surface area contributed by atoms with Crippen molar-refractivity contribution in [1.82, 2.24) is 0 Å². The highest BCUT2D eigenvalue weighted by Crippen LogP contribution is 2.01. The highest BCUT2D eigenvalue weighted by Gasteiger charge is 1.99. The van der Waals surface area contributed by atoms with E-state index in [-0.39, 0.29) is 0 Å². The van der Waals surface area contributed by atoms with E-state index in [9.17, 15) is 0 Å². The first kappa shape index (κ1) is 13.3. The van der Waals surface area contributed by atoms with Gasteiger partial charge in [0, 0.05) is 0 Å². The van der Waals surface area contributed by atoms with E-state index < -0.39 is 0 Å². The van der Waals surface area contributed by atoms with Crippen molar-refractivity contribution in [3.05, 3.63) is 12.7 Å². The van der Waals surface area contributed by atoms with E-state index in [4.69, 9.17) is 4.74 Å². The predicted octanol–water partition coefficient (Wildman–Crippen LogP) is 3.40. The second-order valence-electron chi connectivity index (χ2n) is 2.06. The Labute approximate surface area is 71.5 Å². The standard InChI is InChI=1S/C8H16O.C2H6/c1-4-7-9-8(5-2)6-3;1-2/h4,8H,1,5-7H2,2-3H3;1-2H3. The average molecular weight is 158 g/mol. The quantitative estimate of drug-likeness (QED) is 0.557. The molecule has 0 amide bonds. The maximum absolute atomic E-state index is 5.37. The first-order chi connectivity index (χ1) is 5.35. The number of rotatable bonds is 5. The summed E-state index contributed by atoms with van der Waals surface area (Å²) in [5, 5.41) is 0. The molecule has 0 aliphatic heterocycles. The van der Waals surface area contributed by atoms with Crippen molar-refractivity contribution in [2.75, 3.05) is 6.61 Å². The Balaban J connectivity index is 0. The Hall–Kier alpha value is -0.300. The molecule has 1 nitrogen and oxygen atoms in total. The van der Waals surface area contributed by atoms with E-state index in [1.54, 1.807) is 6.08 Å². The van der Waals surface area contributed by atoms with Crippen LogP contribution in [-0.4, -0.2) is 12.7 Å². The van der Waals surface area contributed by atoms with Crippen molar-refractivity contribution >= 4 is 0 Å². The molecule has 0 heterocycles. The van der Waals surface area contributed by atoms with E-state index in [1.165, 1.54) is 0 Å². The van der Waals surface area contributed by atoms with E-state index in [2.05, 4.69) is 20.4 Å². The van der Waals surface area contributed by atoms with Crippen LogP contribution in [0.3, 0.4) is 0 Å². The van der Waals surface area contributed by atoms with Crippen LogP contribution in [0.4, 0.5) is 0 Å². The topological polar surface area (TPSA) is 9.23 Å². The van der Waals surface area contributed by atoms with Crippen molar-refractivity contribution < 1.29 is 4.74 Å². The van der Waals surface area contributed by atoms with Gasteiger partial charge in [-0.15, -0.1) is 6.58 Å². The summed E-state index contributed by atoms with van der Waals surface area (Å²) < 4.78 is 5.37. The molecule has 0 radical (unpaired) electrons. The summed E-state index contributed by atoms with van der Waals surface area (Å²) >= 11 is 0. The molecule has 0 aromatic rings. The van der Waals surface area contributed by atoms with Crippen molar-refractivity contribution in [2.24, 2.45) is 0 Å². The molecule has 0 saturated carbocycles. The maximum atomic E-state index is 5.37. The smallest absolute Gasteiger partial charge is 0.0648 e. The summed E-state index contributed by atoms with van der Waals surface area (Å²) in [4.78, 5) is 0. The molecule has 0 aliphatic rings. The van der Waals surface area contributed by atoms with Crippen LogP contribution in [0, 0.1) is 0 Å². The van der Waals surface area contributed by atoms with Crippen LogP contribution in [0.25, 0.3) is 0 Å². The second-order valence-corrected chi connectivity index (χ2v) is 2.06. The molecule has 0 rings (SSSR count). The molecular weight excluding hydrogens is 136 g/mol. The fraction of sp³-hybridized carbons (Fsp3) is 0.800. The van der Waals surface area contributed by atoms with Crippen LogP contribution in [0.15, 0.2) is 12.7 Å². The normalized spacial score (nSPS) is 8.82. The third-order valence-electron chi connectivity index (χ3n) is 1.36. The summed E-state index contributed by atoms with van der Waals surface area (Å²) in [6.45, 7) is 12.5. The Morgan fingerprint density at radius 2 is 1.73 bits per heavy atom. The highest BCUT2D eigenvalue weighted by molar-refractivity contribution is 4.65. The van der Waals surface area contributed by atoms with Gasteiger partial charge in [-0.3, -0.25) is 0 Å². The summed E-state index contributed by atoms with van der Waals surface area (Å²) in [6, 6.07) is 0. The Morgan fingerprint density at radius 3 is 2.00 bits per heavy atom. The molecule has 0 aliphatic carbocycles. The Kier molecular flexibility index (Phi) is 15.0. The van der Waals surface area contributed by atoms with Crippen LogP contribution in [0.5, 0.6) is 0 Å². The monoisotopic (exact) mass is 158 g/mol. The fourth-order valence-corrected chi connectivity index (χ4v) is 0.729. The molecule has 0 unspecified atom stereocenters. The SMILES string of the molecule is C=CCOC(CC)CC.CC. The highest BCUT2D eigenvalue weighted by atomic mass is 16.5. The van der Waals surface area contributed by atoms with Crippen molar-refractivity contribution in [2.45, 2.75) is 46.6 Å². The molecule has 0 fully saturated rings. The van der Waals surface area contributed by atoms with E-state index >= 15 is 0 Å². The van der Waals surface area contributed by atoms with Gasteiger partial charge in [0.1, 0.15) is 0 Å². The van der Waals surface area contributed by atoms with Gasteiger partial charge in [0.25, 0.3) is 0 Å². The van der Waals surface area contributed by atoms with Gasteiger partial charge in [-0.05, 0) is 12.8 Å². The van der Waals surface area contributed by atoms with Gasteiger partial charge >= 0.3 is 0 Å². The minimum absolute atomic E-state index is 0.433. The van der Waals surface area contributed by atoms with E-state index in [1.807, 2.05) is 13.8 Å². The maximum Gasteiger partial charge on any atom is 0.0648 e. The van der Waals surface area contributed by atoms with Gasteiger partial charge in [0.05, 0.1) is 12.7 Å². The zero-order chi connectivity index (χ0) is 9.11. The number of hydrogen-bond acceptors (Lipinski definition) is 1. The lowest BCUT2D eigenvalue weighted by Crippen LogP contribution is -2.09. The van der Waals surface area contributed by atoms with Crippen LogP contribution in [0.2, 0.25) is 0 Å². The summed E-state index contributed by atoms with van der Waals surface area (Å²) in [7, 11) is 0. The lowest BCUT2D eigenvalue weighted by Gasteiger charge is -2.10. The zero-order valence-corrected chi connectivity index (χ0v) is 8.39. The van der Waals surface area contributed by atoms with Gasteiger partial charge in [0.15, 0.2) is 0 Å². The number of ether oxygens (including phenoxy) is 1. The van der Waals surface area contributed by atoms with Gasteiger partial charge in [-0.1, -0.05) is 33.8 Å². The molecule has 0 saturated heterocycles. The Bertz CT molecular complexity index is 65.3. The lowest BCUT2D eigenvalue weighted by atomic mass is 10.2. The van der Waals surface area contributed by atoms with Gasteiger partial charge < -0.3 is 4.74 Å². The van der Waals surface area contributed by atoms with E-state index in [0.29, 0.717) is 12.7 Å². The molecule has 0 N–H and O–H groups in total. The fourth-order valence-electron chi connectivity index (χ4n) is 0.729. The third kappa shape index (κ3) is 9.70. The minimum atomic E-state index is 0.433. The minimum Gasteiger partial charge on any atom is -0.374 e. The Morgan fingerprint density at radius 1 is 1.27 bits per heavy atom. The lowest BCUT2D eigenvalue weighted by molar-refractivity contribution is 0.0689. The first-order valence-corrected chi connectivity index (χ1v) is 4.57. The van der Waals surface area contributed by atoms with Gasteiger partial charge in [-0.2, -0.15) is 0 Å². The third-order valence-corrected chi connectivity index (χ3v) is 1.36. The van der Waals surface area contributed by atoms with Crippen molar-refractivity contribution in [3.8, 4) is 0 Å². The van der Waals surface area contributed by atoms with E-state index in [0.717, 1.165) is 12.8 Å². The summed E-state index contributed by atoms with van der Waals surface area (Å²) in [5.41, 5.74) is 0. The molecule has 0 atom stereocenters. The molecule has 0 aromatic heterocycles. The molecule has 0 aromatic carbocycles. The largest absolute Gasteiger partial charge is 0.374 e. The van der Waals surface area contributed by atoms with Crippen LogP contribution < -0.4 is 0 Å². The second kappa shape index (κ2) is 12.4. The summed E-state index contributed by atoms with van der Waals surface area (Å²) in [5.74, 6) is 0. The molecular formula is C10H22O. The van der Waals surface area contributed by atoms with Crippen molar-refractivity contribution in [3.63, 3.8) is 0 Å². The predicted molar refractivity (Wildman–Crippen MR) is 51.9 cm³/mol. The number of hydrogen-bond donors (Lipinski definition) is 0. The molecule has 0 bridgehead atoms. The van der Waals surface area contributed by atoms with Crippen LogP contribution in [0.1, 0.15) is 40.5 Å². The van der Waals surface area contributed by atoms with Gasteiger partial charge in [-0.25, -0.2) is 0 Å². The summed E-state index contributed by atoms with van der Waals surface area (Å²) in [6.07, 6.45) is 4.43. The molecule has 68 valence electrons. The van der Waals surface area contributed by atoms with Gasteiger partial charge in [0.2, 0.25) is 0 Å². The molecule has 0 spiro atoms. The molecule has 1 heteroatoms. The first-order valence-electron chi connectivity index (χ1n) is 4.57.